The number of hydrogen-bond acceptors (Lipinski definition) is 5. The Morgan fingerprint density at radius 2 is 1.69 bits per heavy atom. The maximum absolute atomic E-state index is 8.85. The second-order valence-corrected chi connectivity index (χ2v) is 6.45. The molecule has 1 aromatic carbocycles. The summed E-state index contributed by atoms with van der Waals surface area (Å²) in [5.74, 6) is 2.04. The van der Waals surface area contributed by atoms with Crippen molar-refractivity contribution < 1.29 is 9.47 Å². The summed E-state index contributed by atoms with van der Waals surface area (Å²) in [6.07, 6.45) is 11.9. The first-order valence-electron chi connectivity index (χ1n) is 9.96. The van der Waals surface area contributed by atoms with Crippen molar-refractivity contribution in [1.29, 1.82) is 5.26 Å². The number of anilines is 1. The molecule has 0 aliphatic rings. The third-order valence-electron chi connectivity index (χ3n) is 4.27. The van der Waals surface area contributed by atoms with Crippen LogP contribution in [0.15, 0.2) is 53.8 Å². The minimum absolute atomic E-state index is 0.465. The van der Waals surface area contributed by atoms with Crippen molar-refractivity contribution in [1.82, 2.24) is 10.3 Å². The number of guanidine groups is 1. The fourth-order valence-electron chi connectivity index (χ4n) is 2.77. The molecule has 2 rings (SSSR count). The summed E-state index contributed by atoms with van der Waals surface area (Å²) in [4.78, 5) is 8.39. The highest BCUT2D eigenvalue weighted by Gasteiger charge is 2.02. The van der Waals surface area contributed by atoms with Gasteiger partial charge in [-0.2, -0.15) is 5.26 Å². The van der Waals surface area contributed by atoms with Crippen molar-refractivity contribution in [2.45, 2.75) is 38.5 Å². The number of rotatable bonds is 12. The average molecular weight is 396 g/mol. The lowest BCUT2D eigenvalue weighted by Gasteiger charge is -2.10. The number of nitriles is 1. The number of benzene rings is 1. The normalized spacial score (nSPS) is 10.8. The molecule has 29 heavy (non-hydrogen) atoms. The van der Waals surface area contributed by atoms with Gasteiger partial charge >= 0.3 is 0 Å². The fraction of sp³-hybridized carbons (Fsp3) is 0.409. The van der Waals surface area contributed by atoms with Crippen molar-refractivity contribution in [3.63, 3.8) is 0 Å². The SMILES string of the molecule is COc1ccccc1OCCCCCCCCN=C(NC#N)Nc1ccncc1. The molecule has 0 fully saturated rings. The molecule has 154 valence electrons. The lowest BCUT2D eigenvalue weighted by molar-refractivity contribution is 0.284. The zero-order valence-electron chi connectivity index (χ0n) is 16.9. The average Bonchev–Trinajstić information content (AvgIpc) is 2.76. The Labute approximate surface area is 172 Å². The molecule has 1 aromatic heterocycles. The molecule has 7 nitrogen and oxygen atoms in total. The van der Waals surface area contributed by atoms with Crippen LogP contribution in [0.4, 0.5) is 5.69 Å². The maximum atomic E-state index is 8.85. The molecule has 0 spiro atoms. The standard InChI is InChI=1S/C22H29N5O2/c1-28-20-10-6-7-11-21(20)29-17-9-5-3-2-4-8-14-25-22(26-18-23)27-19-12-15-24-16-13-19/h6-7,10-13,15-16H,2-5,8-9,14,17H2,1H3,(H2,24,25,26,27). The van der Waals surface area contributed by atoms with Crippen molar-refractivity contribution in [2.24, 2.45) is 4.99 Å². The lowest BCUT2D eigenvalue weighted by atomic mass is 10.1. The Morgan fingerprint density at radius 1 is 1.00 bits per heavy atom. The third kappa shape index (κ3) is 8.98. The summed E-state index contributed by atoms with van der Waals surface area (Å²) in [5.41, 5.74) is 0.844. The van der Waals surface area contributed by atoms with Gasteiger partial charge in [-0.05, 0) is 37.1 Å². The Balaban J connectivity index is 1.53. The van der Waals surface area contributed by atoms with Crippen molar-refractivity contribution >= 4 is 11.6 Å². The number of para-hydroxylation sites is 2. The van der Waals surface area contributed by atoms with Gasteiger partial charge in [-0.3, -0.25) is 15.3 Å². The van der Waals surface area contributed by atoms with Gasteiger partial charge in [0.1, 0.15) is 0 Å². The maximum Gasteiger partial charge on any atom is 0.209 e. The van der Waals surface area contributed by atoms with Crippen LogP contribution in [0.3, 0.4) is 0 Å². The van der Waals surface area contributed by atoms with E-state index in [2.05, 4.69) is 20.6 Å². The van der Waals surface area contributed by atoms with E-state index >= 15 is 0 Å². The number of aliphatic imine (C=N–C) groups is 1. The van der Waals surface area contributed by atoms with Crippen LogP contribution in [0, 0.1) is 11.5 Å². The third-order valence-corrected chi connectivity index (χ3v) is 4.27. The van der Waals surface area contributed by atoms with E-state index in [1.54, 1.807) is 19.5 Å². The minimum atomic E-state index is 0.465. The molecule has 0 amide bonds. The number of nitrogens with zero attached hydrogens (tertiary/aromatic N) is 3. The van der Waals surface area contributed by atoms with E-state index < -0.39 is 0 Å². The smallest absolute Gasteiger partial charge is 0.209 e. The Morgan fingerprint density at radius 3 is 2.41 bits per heavy atom. The molecular weight excluding hydrogens is 366 g/mol. The van der Waals surface area contributed by atoms with E-state index in [9.17, 15) is 0 Å². The van der Waals surface area contributed by atoms with E-state index in [-0.39, 0.29) is 0 Å². The van der Waals surface area contributed by atoms with E-state index in [0.717, 1.165) is 42.9 Å². The molecule has 0 aliphatic carbocycles. The Hall–Kier alpha value is -3.27. The predicted octanol–water partition coefficient (Wildman–Crippen LogP) is 4.35. The number of hydrogen-bond donors (Lipinski definition) is 2. The highest BCUT2D eigenvalue weighted by atomic mass is 16.5. The first-order valence-corrected chi connectivity index (χ1v) is 9.96. The minimum Gasteiger partial charge on any atom is -0.493 e. The van der Waals surface area contributed by atoms with Gasteiger partial charge in [0.25, 0.3) is 0 Å². The number of ether oxygens (including phenoxy) is 2. The summed E-state index contributed by atoms with van der Waals surface area (Å²) in [6, 6.07) is 11.4. The van der Waals surface area contributed by atoms with Gasteiger partial charge in [-0.15, -0.1) is 0 Å². The molecule has 0 aliphatic heterocycles. The molecule has 0 radical (unpaired) electrons. The molecule has 0 saturated heterocycles. The van der Waals surface area contributed by atoms with Gasteiger partial charge in [0.2, 0.25) is 5.96 Å². The summed E-state index contributed by atoms with van der Waals surface area (Å²) < 4.78 is 11.1. The Bertz CT molecular complexity index is 774. The summed E-state index contributed by atoms with van der Waals surface area (Å²) in [6.45, 7) is 1.38. The number of nitrogens with one attached hydrogen (secondary N) is 2. The molecule has 2 N–H and O–H groups in total. The number of methoxy groups -OCH3 is 1. The molecule has 7 heteroatoms. The zero-order chi connectivity index (χ0) is 20.6. The van der Waals surface area contributed by atoms with Crippen molar-refractivity contribution in [3.05, 3.63) is 48.8 Å². The quantitative estimate of drug-likeness (QED) is 0.183. The van der Waals surface area contributed by atoms with E-state index in [1.807, 2.05) is 42.6 Å². The van der Waals surface area contributed by atoms with Gasteiger partial charge in [0.05, 0.1) is 13.7 Å². The number of unbranched alkanes of at least 4 members (excludes halogenated alkanes) is 5. The number of aromatic nitrogens is 1. The van der Waals surface area contributed by atoms with Gasteiger partial charge < -0.3 is 14.8 Å². The van der Waals surface area contributed by atoms with Crippen LogP contribution >= 0.6 is 0 Å². The first kappa shape index (κ1) is 22.0. The zero-order valence-corrected chi connectivity index (χ0v) is 16.9. The molecule has 1 heterocycles. The van der Waals surface area contributed by atoms with Crippen molar-refractivity contribution in [3.8, 4) is 17.7 Å². The van der Waals surface area contributed by atoms with Crippen LogP contribution in [-0.2, 0) is 0 Å². The van der Waals surface area contributed by atoms with Gasteiger partial charge in [-0.25, -0.2) is 0 Å². The molecule has 2 aromatic rings. The van der Waals surface area contributed by atoms with E-state index in [4.69, 9.17) is 14.7 Å². The predicted molar refractivity (Wildman–Crippen MR) is 115 cm³/mol. The fourth-order valence-corrected chi connectivity index (χ4v) is 2.77. The van der Waals surface area contributed by atoms with Gasteiger partial charge in [0.15, 0.2) is 17.7 Å². The monoisotopic (exact) mass is 395 g/mol. The van der Waals surface area contributed by atoms with Crippen LogP contribution in [-0.4, -0.2) is 31.2 Å². The largest absolute Gasteiger partial charge is 0.493 e. The molecule has 0 unspecified atom stereocenters. The highest BCUT2D eigenvalue weighted by molar-refractivity contribution is 5.94. The molecular formula is C22H29N5O2. The van der Waals surface area contributed by atoms with Crippen LogP contribution in [0.2, 0.25) is 0 Å². The summed E-state index contributed by atoms with van der Waals surface area (Å²) in [7, 11) is 1.65. The van der Waals surface area contributed by atoms with Crippen LogP contribution in [0.25, 0.3) is 0 Å². The summed E-state index contributed by atoms with van der Waals surface area (Å²) in [5, 5.41) is 14.5. The molecule has 0 atom stereocenters. The second kappa shape index (κ2) is 13.8. The van der Waals surface area contributed by atoms with E-state index in [0.29, 0.717) is 19.1 Å². The van der Waals surface area contributed by atoms with Gasteiger partial charge in [0, 0.05) is 24.6 Å². The summed E-state index contributed by atoms with van der Waals surface area (Å²) >= 11 is 0. The Kier molecular flexibility index (Phi) is 10.5. The number of pyridine rings is 1. The van der Waals surface area contributed by atoms with Crippen LogP contribution in [0.5, 0.6) is 11.5 Å². The molecule has 0 bridgehead atoms. The molecule has 0 saturated carbocycles. The van der Waals surface area contributed by atoms with Crippen LogP contribution in [0.1, 0.15) is 38.5 Å². The van der Waals surface area contributed by atoms with Gasteiger partial charge in [-0.1, -0.05) is 37.8 Å². The van der Waals surface area contributed by atoms with Crippen LogP contribution < -0.4 is 20.1 Å². The van der Waals surface area contributed by atoms with E-state index in [1.165, 1.54) is 12.8 Å². The van der Waals surface area contributed by atoms with Crippen molar-refractivity contribution in [2.75, 3.05) is 25.6 Å². The first-order chi connectivity index (χ1) is 14.3. The second-order valence-electron chi connectivity index (χ2n) is 6.45. The highest BCUT2D eigenvalue weighted by Crippen LogP contribution is 2.25. The topological polar surface area (TPSA) is 91.6 Å². The lowest BCUT2D eigenvalue weighted by Crippen LogP contribution is -2.27.